The van der Waals surface area contributed by atoms with Gasteiger partial charge in [0.2, 0.25) is 0 Å². The summed E-state index contributed by atoms with van der Waals surface area (Å²) in [5.41, 5.74) is 0.635. The largest absolute Gasteiger partial charge is 0.447 e. The lowest BCUT2D eigenvalue weighted by atomic mass is 10.3. The van der Waals surface area contributed by atoms with Crippen LogP contribution in [0, 0.1) is 0 Å². The van der Waals surface area contributed by atoms with Gasteiger partial charge in [-0.15, -0.1) is 0 Å². The normalized spacial score (nSPS) is 9.57. The molecule has 4 nitrogen and oxygen atoms in total. The molecule has 0 heterocycles. The van der Waals surface area contributed by atoms with Crippen molar-refractivity contribution >= 4 is 27.7 Å². The van der Waals surface area contributed by atoms with Crippen LogP contribution in [0.4, 0.5) is 10.5 Å². The maximum Gasteiger partial charge on any atom is 0.411 e. The topological polar surface area (TPSA) is 58.6 Å². The number of anilines is 1. The smallest absolute Gasteiger partial charge is 0.411 e. The summed E-state index contributed by atoms with van der Waals surface area (Å²) in [7, 11) is 0. The number of halogens is 1. The Morgan fingerprint density at radius 2 is 2.21 bits per heavy atom. The molecule has 0 aliphatic carbocycles. The number of nitrogens with one attached hydrogen (secondary N) is 1. The highest BCUT2D eigenvalue weighted by Crippen LogP contribution is 2.21. The number of aliphatic hydroxyl groups is 1. The number of amides is 1. The number of hydrogen-bond donors (Lipinski definition) is 2. The van der Waals surface area contributed by atoms with Crippen LogP contribution in [0.25, 0.3) is 0 Å². The molecule has 0 unspecified atom stereocenters. The summed E-state index contributed by atoms with van der Waals surface area (Å²) in [6, 6.07) is 7.19. The van der Waals surface area contributed by atoms with Crippen molar-refractivity contribution in [2.45, 2.75) is 0 Å². The first-order valence-corrected chi connectivity index (χ1v) is 4.82. The number of benzene rings is 1. The van der Waals surface area contributed by atoms with Crippen LogP contribution in [-0.4, -0.2) is 24.4 Å². The maximum atomic E-state index is 11.1. The average molecular weight is 260 g/mol. The third kappa shape index (κ3) is 3.35. The van der Waals surface area contributed by atoms with Gasteiger partial charge in [0.1, 0.15) is 6.61 Å². The van der Waals surface area contributed by atoms with Gasteiger partial charge in [-0.3, -0.25) is 5.32 Å². The fourth-order valence-electron chi connectivity index (χ4n) is 0.847. The molecule has 0 aromatic heterocycles. The Morgan fingerprint density at radius 1 is 1.50 bits per heavy atom. The van der Waals surface area contributed by atoms with Gasteiger partial charge in [0.25, 0.3) is 0 Å². The van der Waals surface area contributed by atoms with E-state index in [2.05, 4.69) is 26.0 Å². The average Bonchev–Trinajstić information content (AvgIpc) is 2.18. The molecule has 76 valence electrons. The molecule has 0 radical (unpaired) electrons. The number of para-hydroxylation sites is 1. The SMILES string of the molecule is O=C(Nc1ccccc1Br)OCCO. The van der Waals surface area contributed by atoms with Crippen molar-refractivity contribution in [2.75, 3.05) is 18.5 Å². The lowest BCUT2D eigenvalue weighted by Crippen LogP contribution is -2.15. The fourth-order valence-corrected chi connectivity index (χ4v) is 1.23. The van der Waals surface area contributed by atoms with Gasteiger partial charge in [-0.1, -0.05) is 12.1 Å². The number of aliphatic hydroxyl groups excluding tert-OH is 1. The van der Waals surface area contributed by atoms with E-state index in [0.717, 1.165) is 4.47 Å². The van der Waals surface area contributed by atoms with Gasteiger partial charge in [0, 0.05) is 4.47 Å². The fraction of sp³-hybridized carbons (Fsp3) is 0.222. The number of ether oxygens (including phenoxy) is 1. The van der Waals surface area contributed by atoms with Gasteiger partial charge in [-0.25, -0.2) is 4.79 Å². The predicted octanol–water partition coefficient (Wildman–Crippen LogP) is 1.99. The molecule has 0 aliphatic heterocycles. The van der Waals surface area contributed by atoms with Gasteiger partial charge in [-0.2, -0.15) is 0 Å². The third-order valence-electron chi connectivity index (χ3n) is 1.44. The van der Waals surface area contributed by atoms with Crippen molar-refractivity contribution in [3.63, 3.8) is 0 Å². The monoisotopic (exact) mass is 259 g/mol. The van der Waals surface area contributed by atoms with E-state index in [0.29, 0.717) is 5.69 Å². The molecule has 1 aromatic rings. The summed E-state index contributed by atoms with van der Waals surface area (Å²) in [5.74, 6) is 0. The Hall–Kier alpha value is -1.07. The Balaban J connectivity index is 2.52. The zero-order chi connectivity index (χ0) is 10.4. The third-order valence-corrected chi connectivity index (χ3v) is 2.13. The van der Waals surface area contributed by atoms with Gasteiger partial charge in [0.15, 0.2) is 0 Å². The minimum Gasteiger partial charge on any atom is -0.447 e. The van der Waals surface area contributed by atoms with Crippen molar-refractivity contribution in [1.82, 2.24) is 0 Å². The highest BCUT2D eigenvalue weighted by Gasteiger charge is 2.04. The van der Waals surface area contributed by atoms with Gasteiger partial charge < -0.3 is 9.84 Å². The molecular weight excluding hydrogens is 250 g/mol. The van der Waals surface area contributed by atoms with Crippen LogP contribution in [0.5, 0.6) is 0 Å². The Labute approximate surface area is 90.0 Å². The minimum absolute atomic E-state index is 0.00368. The van der Waals surface area contributed by atoms with Crippen molar-refractivity contribution < 1.29 is 14.6 Å². The molecule has 0 aliphatic rings. The molecule has 5 heteroatoms. The molecule has 2 N–H and O–H groups in total. The quantitative estimate of drug-likeness (QED) is 0.873. The molecule has 0 spiro atoms. The highest BCUT2D eigenvalue weighted by atomic mass is 79.9. The van der Waals surface area contributed by atoms with Crippen LogP contribution in [0.2, 0.25) is 0 Å². The van der Waals surface area contributed by atoms with Crippen LogP contribution >= 0.6 is 15.9 Å². The first kappa shape index (κ1) is 11.0. The molecule has 1 rings (SSSR count). The van der Waals surface area contributed by atoms with E-state index in [-0.39, 0.29) is 13.2 Å². The van der Waals surface area contributed by atoms with Crippen LogP contribution in [0.1, 0.15) is 0 Å². The molecule has 14 heavy (non-hydrogen) atoms. The summed E-state index contributed by atoms with van der Waals surface area (Å²) in [6.07, 6.45) is -0.578. The van der Waals surface area contributed by atoms with E-state index >= 15 is 0 Å². The summed E-state index contributed by atoms with van der Waals surface area (Å²) < 4.78 is 5.41. The molecular formula is C9H10BrNO3. The van der Waals surface area contributed by atoms with Gasteiger partial charge >= 0.3 is 6.09 Å². The molecule has 1 amide bonds. The van der Waals surface area contributed by atoms with Crippen LogP contribution in [-0.2, 0) is 4.74 Å². The molecule has 0 atom stereocenters. The zero-order valence-electron chi connectivity index (χ0n) is 7.37. The standard InChI is InChI=1S/C9H10BrNO3/c10-7-3-1-2-4-8(7)11-9(13)14-6-5-12/h1-4,12H,5-6H2,(H,11,13). The van der Waals surface area contributed by atoms with Crippen LogP contribution in [0.15, 0.2) is 28.7 Å². The predicted molar refractivity (Wildman–Crippen MR) is 56.2 cm³/mol. The minimum atomic E-state index is -0.578. The Morgan fingerprint density at radius 3 is 2.86 bits per heavy atom. The highest BCUT2D eigenvalue weighted by molar-refractivity contribution is 9.10. The Kier molecular flexibility index (Phi) is 4.42. The molecule has 0 saturated heterocycles. The summed E-state index contributed by atoms with van der Waals surface area (Å²) in [4.78, 5) is 11.1. The lowest BCUT2D eigenvalue weighted by molar-refractivity contribution is 0.131. The Bertz CT molecular complexity index is 317. The molecule has 0 fully saturated rings. The van der Waals surface area contributed by atoms with E-state index < -0.39 is 6.09 Å². The van der Waals surface area contributed by atoms with E-state index in [4.69, 9.17) is 5.11 Å². The van der Waals surface area contributed by atoms with E-state index in [1.807, 2.05) is 12.1 Å². The summed E-state index contributed by atoms with van der Waals surface area (Å²) in [5, 5.41) is 10.9. The van der Waals surface area contributed by atoms with Crippen molar-refractivity contribution in [3.05, 3.63) is 28.7 Å². The second kappa shape index (κ2) is 5.62. The maximum absolute atomic E-state index is 11.1. The van der Waals surface area contributed by atoms with Gasteiger partial charge in [0.05, 0.1) is 12.3 Å². The second-order valence-electron chi connectivity index (χ2n) is 2.46. The van der Waals surface area contributed by atoms with E-state index in [1.54, 1.807) is 12.1 Å². The first-order chi connectivity index (χ1) is 6.74. The number of carbonyl (C=O) groups is 1. The van der Waals surface area contributed by atoms with Crippen molar-refractivity contribution in [2.24, 2.45) is 0 Å². The number of hydrogen-bond acceptors (Lipinski definition) is 3. The van der Waals surface area contributed by atoms with E-state index in [1.165, 1.54) is 0 Å². The summed E-state index contributed by atoms with van der Waals surface area (Å²) in [6.45, 7) is -0.181. The molecule has 0 saturated carbocycles. The van der Waals surface area contributed by atoms with Crippen molar-refractivity contribution in [1.29, 1.82) is 0 Å². The van der Waals surface area contributed by atoms with Gasteiger partial charge in [-0.05, 0) is 28.1 Å². The summed E-state index contributed by atoms with van der Waals surface area (Å²) >= 11 is 3.27. The lowest BCUT2D eigenvalue weighted by Gasteiger charge is -2.06. The van der Waals surface area contributed by atoms with Crippen LogP contribution < -0.4 is 5.32 Å². The second-order valence-corrected chi connectivity index (χ2v) is 3.32. The number of rotatable bonds is 3. The van der Waals surface area contributed by atoms with Crippen molar-refractivity contribution in [3.8, 4) is 0 Å². The van der Waals surface area contributed by atoms with E-state index in [9.17, 15) is 4.79 Å². The number of carbonyl (C=O) groups excluding carboxylic acids is 1. The zero-order valence-corrected chi connectivity index (χ0v) is 8.95. The first-order valence-electron chi connectivity index (χ1n) is 4.03. The molecule has 0 bridgehead atoms. The molecule has 1 aromatic carbocycles. The van der Waals surface area contributed by atoms with Crippen LogP contribution in [0.3, 0.4) is 0 Å².